The molecule has 28 heavy (non-hydrogen) atoms. The number of aliphatic imine (C=N–C) groups is 1. The van der Waals surface area contributed by atoms with Crippen LogP contribution < -0.4 is 10.6 Å². The summed E-state index contributed by atoms with van der Waals surface area (Å²) in [5, 5.41) is 6.34. The summed E-state index contributed by atoms with van der Waals surface area (Å²) in [7, 11) is -1.56. The molecule has 5 nitrogen and oxygen atoms in total. The smallest absolute Gasteiger partial charge is 0.190 e. The number of halogens is 1. The molecule has 8 heteroatoms. The molecule has 0 aliphatic heterocycles. The molecular formula is C20H26FN3O2S2. The number of hydrogen-bond donors (Lipinski definition) is 2. The van der Waals surface area contributed by atoms with Crippen molar-refractivity contribution >= 4 is 27.6 Å². The first-order valence-corrected chi connectivity index (χ1v) is 11.8. The number of hydrogen-bond acceptors (Lipinski definition) is 4. The molecule has 0 bridgehead atoms. The van der Waals surface area contributed by atoms with Crippen LogP contribution >= 0.6 is 11.8 Å². The van der Waals surface area contributed by atoms with E-state index in [4.69, 9.17) is 0 Å². The van der Waals surface area contributed by atoms with E-state index < -0.39 is 9.84 Å². The first kappa shape index (κ1) is 22.2. The number of guanidine groups is 1. The van der Waals surface area contributed by atoms with Crippen LogP contribution in [0.25, 0.3) is 0 Å². The van der Waals surface area contributed by atoms with Crippen molar-refractivity contribution in [3.05, 3.63) is 60.4 Å². The van der Waals surface area contributed by atoms with Crippen molar-refractivity contribution in [2.45, 2.75) is 22.6 Å². The van der Waals surface area contributed by atoms with Gasteiger partial charge in [0.2, 0.25) is 0 Å². The van der Waals surface area contributed by atoms with Gasteiger partial charge in [-0.1, -0.05) is 18.2 Å². The lowest BCUT2D eigenvalue weighted by atomic mass is 10.4. The summed E-state index contributed by atoms with van der Waals surface area (Å²) in [5.74, 6) is 1.43. The molecule has 2 aromatic rings. The summed E-state index contributed by atoms with van der Waals surface area (Å²) in [5.41, 5.74) is 0. The van der Waals surface area contributed by atoms with Crippen LogP contribution in [0.4, 0.5) is 4.39 Å². The predicted octanol–water partition coefficient (Wildman–Crippen LogP) is 3.34. The van der Waals surface area contributed by atoms with E-state index in [1.54, 1.807) is 61.3 Å². The van der Waals surface area contributed by atoms with Crippen LogP contribution in [0, 0.1) is 5.82 Å². The molecule has 0 fully saturated rings. The lowest BCUT2D eigenvalue weighted by Gasteiger charge is -2.12. The average molecular weight is 424 g/mol. The van der Waals surface area contributed by atoms with Gasteiger partial charge in [-0.3, -0.25) is 4.99 Å². The number of nitrogens with zero attached hydrogens (tertiary/aromatic N) is 1. The summed E-state index contributed by atoms with van der Waals surface area (Å²) in [6, 6.07) is 15.0. The van der Waals surface area contributed by atoms with E-state index in [1.807, 2.05) is 0 Å². The molecule has 0 radical (unpaired) electrons. The highest BCUT2D eigenvalue weighted by atomic mass is 32.2. The predicted molar refractivity (Wildman–Crippen MR) is 114 cm³/mol. The molecule has 0 amide bonds. The van der Waals surface area contributed by atoms with Gasteiger partial charge < -0.3 is 10.6 Å². The van der Waals surface area contributed by atoms with Crippen molar-refractivity contribution in [3.8, 4) is 0 Å². The van der Waals surface area contributed by atoms with Gasteiger partial charge in [0.25, 0.3) is 0 Å². The fourth-order valence-electron chi connectivity index (χ4n) is 2.44. The average Bonchev–Trinajstić information content (AvgIpc) is 2.71. The fraction of sp³-hybridized carbons (Fsp3) is 0.350. The summed E-state index contributed by atoms with van der Waals surface area (Å²) in [6.45, 7) is 1.27. The second kappa shape index (κ2) is 11.7. The largest absolute Gasteiger partial charge is 0.356 e. The summed E-state index contributed by atoms with van der Waals surface area (Å²) in [4.78, 5) is 5.54. The second-order valence-electron chi connectivity index (χ2n) is 6.07. The van der Waals surface area contributed by atoms with Crippen molar-refractivity contribution < 1.29 is 12.8 Å². The van der Waals surface area contributed by atoms with E-state index in [2.05, 4.69) is 15.6 Å². The first-order valence-electron chi connectivity index (χ1n) is 9.12. The van der Waals surface area contributed by atoms with Gasteiger partial charge in [0, 0.05) is 25.0 Å². The van der Waals surface area contributed by atoms with Gasteiger partial charge >= 0.3 is 0 Å². The van der Waals surface area contributed by atoms with Crippen LogP contribution in [0.15, 0.2) is 69.4 Å². The molecule has 0 atom stereocenters. The zero-order chi connectivity index (χ0) is 20.2. The molecular weight excluding hydrogens is 397 g/mol. The van der Waals surface area contributed by atoms with E-state index in [1.165, 1.54) is 12.1 Å². The lowest BCUT2D eigenvalue weighted by molar-refractivity contribution is 0.592. The van der Waals surface area contributed by atoms with Crippen molar-refractivity contribution in [1.29, 1.82) is 0 Å². The Morgan fingerprint density at radius 2 is 1.64 bits per heavy atom. The minimum absolute atomic E-state index is 0.0926. The fourth-order valence-corrected chi connectivity index (χ4v) is 4.62. The minimum atomic E-state index is -3.24. The van der Waals surface area contributed by atoms with Crippen molar-refractivity contribution in [2.24, 2.45) is 4.99 Å². The number of sulfone groups is 1. The topological polar surface area (TPSA) is 70.6 Å². The Bertz CT molecular complexity index is 842. The van der Waals surface area contributed by atoms with Crippen LogP contribution in [-0.4, -0.2) is 46.0 Å². The second-order valence-corrected chi connectivity index (χ2v) is 9.34. The number of rotatable bonds is 10. The van der Waals surface area contributed by atoms with Crippen LogP contribution in [0.5, 0.6) is 0 Å². The quantitative estimate of drug-likeness (QED) is 0.265. The molecule has 152 valence electrons. The summed E-state index contributed by atoms with van der Waals surface area (Å²) >= 11 is 1.68. The minimum Gasteiger partial charge on any atom is -0.356 e. The highest BCUT2D eigenvalue weighted by molar-refractivity contribution is 7.99. The van der Waals surface area contributed by atoms with Crippen LogP contribution in [0.2, 0.25) is 0 Å². The molecule has 0 spiro atoms. The molecule has 0 saturated heterocycles. The Labute approximate surface area is 170 Å². The molecule has 0 saturated carbocycles. The Morgan fingerprint density at radius 1 is 1.00 bits per heavy atom. The molecule has 0 unspecified atom stereocenters. The van der Waals surface area contributed by atoms with Gasteiger partial charge in [-0.05, 0) is 55.0 Å². The highest BCUT2D eigenvalue weighted by Gasteiger charge is 2.13. The first-order chi connectivity index (χ1) is 13.5. The number of benzene rings is 2. The monoisotopic (exact) mass is 423 g/mol. The third kappa shape index (κ3) is 7.90. The van der Waals surface area contributed by atoms with Gasteiger partial charge in [-0.2, -0.15) is 0 Å². The van der Waals surface area contributed by atoms with Crippen molar-refractivity contribution in [3.63, 3.8) is 0 Å². The summed E-state index contributed by atoms with van der Waals surface area (Å²) in [6.07, 6.45) is 1.42. The van der Waals surface area contributed by atoms with E-state index >= 15 is 0 Å². The molecule has 2 aromatic carbocycles. The third-order valence-corrected chi connectivity index (χ3v) is 6.82. The zero-order valence-electron chi connectivity index (χ0n) is 15.9. The SMILES string of the molecule is CN=C(NCCCSc1ccc(F)cc1)NCCCS(=O)(=O)c1ccccc1. The Kier molecular flexibility index (Phi) is 9.30. The van der Waals surface area contributed by atoms with Crippen molar-refractivity contribution in [1.82, 2.24) is 10.6 Å². The lowest BCUT2D eigenvalue weighted by Crippen LogP contribution is -2.38. The van der Waals surface area contributed by atoms with E-state index in [9.17, 15) is 12.8 Å². The van der Waals surface area contributed by atoms with Gasteiger partial charge in [0.1, 0.15) is 5.82 Å². The standard InChI is InChI=1S/C20H26FN3O2S2/c1-22-20(23-13-5-15-27-18-11-9-17(21)10-12-18)24-14-6-16-28(25,26)19-7-3-2-4-8-19/h2-4,7-12H,5-6,13-16H2,1H3,(H2,22,23,24). The maximum atomic E-state index is 12.9. The maximum absolute atomic E-state index is 12.9. The third-order valence-electron chi connectivity index (χ3n) is 3.90. The molecule has 0 aromatic heterocycles. The summed E-state index contributed by atoms with van der Waals surface area (Å²) < 4.78 is 37.3. The van der Waals surface area contributed by atoms with Crippen molar-refractivity contribution in [2.75, 3.05) is 31.6 Å². The normalized spacial score (nSPS) is 12.0. The molecule has 0 aliphatic carbocycles. The highest BCUT2D eigenvalue weighted by Crippen LogP contribution is 2.18. The Balaban J connectivity index is 1.60. The van der Waals surface area contributed by atoms with E-state index in [0.717, 1.165) is 23.6 Å². The molecule has 2 N–H and O–H groups in total. The molecule has 0 aliphatic rings. The maximum Gasteiger partial charge on any atom is 0.190 e. The number of thioether (sulfide) groups is 1. The van der Waals surface area contributed by atoms with Crippen LogP contribution in [0.1, 0.15) is 12.8 Å². The van der Waals surface area contributed by atoms with Gasteiger partial charge in [-0.25, -0.2) is 12.8 Å². The van der Waals surface area contributed by atoms with Gasteiger partial charge in [-0.15, -0.1) is 11.8 Å². The Morgan fingerprint density at radius 3 is 2.29 bits per heavy atom. The van der Waals surface area contributed by atoms with Crippen LogP contribution in [0.3, 0.4) is 0 Å². The zero-order valence-corrected chi connectivity index (χ0v) is 17.5. The van der Waals surface area contributed by atoms with E-state index in [-0.39, 0.29) is 11.6 Å². The Hall–Kier alpha value is -2.06. The number of nitrogens with one attached hydrogen (secondary N) is 2. The van der Waals surface area contributed by atoms with Gasteiger partial charge in [0.15, 0.2) is 15.8 Å². The molecule has 2 rings (SSSR count). The molecule has 0 heterocycles. The van der Waals surface area contributed by atoms with Crippen LogP contribution in [-0.2, 0) is 9.84 Å². The van der Waals surface area contributed by atoms with E-state index in [0.29, 0.717) is 23.8 Å². The van der Waals surface area contributed by atoms with Gasteiger partial charge in [0.05, 0.1) is 10.6 Å².